The minimum Gasteiger partial charge on any atom is -0.480 e. The molecule has 0 aromatic carbocycles. The number of aliphatic imine (C=N–C) groups is 1. The standard InChI is InChI=1S/C15H15N3O3/c19-14-9-4-1-2-5-10(9)18-8-16-12(15(20)21)13(18)11-6-3-7-17(11)14/h1-6,8-13H,7H2,(H,20,21). The van der Waals surface area contributed by atoms with Gasteiger partial charge in [-0.25, -0.2) is 4.79 Å². The fourth-order valence-corrected chi connectivity index (χ4v) is 3.70. The molecule has 1 saturated heterocycles. The summed E-state index contributed by atoms with van der Waals surface area (Å²) in [5.41, 5.74) is 0. The summed E-state index contributed by atoms with van der Waals surface area (Å²) in [6, 6.07) is -1.55. The summed E-state index contributed by atoms with van der Waals surface area (Å²) in [6.45, 7) is 0.543. The number of carboxylic acids is 1. The van der Waals surface area contributed by atoms with Crippen LogP contribution in [0.2, 0.25) is 0 Å². The molecule has 1 aliphatic carbocycles. The molecule has 3 heterocycles. The lowest BCUT2D eigenvalue weighted by Crippen LogP contribution is -2.53. The van der Waals surface area contributed by atoms with Crippen molar-refractivity contribution in [3.05, 3.63) is 36.5 Å². The van der Waals surface area contributed by atoms with E-state index in [1.54, 1.807) is 11.2 Å². The third-order valence-corrected chi connectivity index (χ3v) is 4.64. The predicted octanol–water partition coefficient (Wildman–Crippen LogP) is 0.0435. The molecule has 21 heavy (non-hydrogen) atoms. The quantitative estimate of drug-likeness (QED) is 0.691. The molecule has 0 spiro atoms. The Morgan fingerprint density at radius 2 is 2.05 bits per heavy atom. The van der Waals surface area contributed by atoms with Crippen LogP contribution in [0.3, 0.4) is 0 Å². The number of rotatable bonds is 1. The van der Waals surface area contributed by atoms with Gasteiger partial charge in [-0.05, 0) is 0 Å². The lowest BCUT2D eigenvalue weighted by atomic mass is 9.92. The van der Waals surface area contributed by atoms with Gasteiger partial charge in [0.1, 0.15) is 0 Å². The summed E-state index contributed by atoms with van der Waals surface area (Å²) in [6.07, 6.45) is 13.1. The molecule has 0 radical (unpaired) electrons. The minimum atomic E-state index is -0.944. The van der Waals surface area contributed by atoms with Crippen LogP contribution in [0.5, 0.6) is 0 Å². The molecule has 6 nitrogen and oxygen atoms in total. The summed E-state index contributed by atoms with van der Waals surface area (Å²) in [4.78, 5) is 32.1. The molecule has 0 bridgehead atoms. The summed E-state index contributed by atoms with van der Waals surface area (Å²) < 4.78 is 0. The molecule has 108 valence electrons. The molecule has 5 atom stereocenters. The van der Waals surface area contributed by atoms with Gasteiger partial charge in [0.25, 0.3) is 0 Å². The highest BCUT2D eigenvalue weighted by atomic mass is 16.4. The van der Waals surface area contributed by atoms with E-state index in [4.69, 9.17) is 0 Å². The van der Waals surface area contributed by atoms with Gasteiger partial charge in [0.2, 0.25) is 5.91 Å². The van der Waals surface area contributed by atoms with Gasteiger partial charge in [-0.3, -0.25) is 9.79 Å². The van der Waals surface area contributed by atoms with Crippen molar-refractivity contribution in [3.8, 4) is 0 Å². The Labute approximate surface area is 121 Å². The van der Waals surface area contributed by atoms with E-state index in [-0.39, 0.29) is 30.0 Å². The number of carbonyl (C=O) groups excluding carboxylic acids is 1. The van der Waals surface area contributed by atoms with Crippen LogP contribution in [0.15, 0.2) is 41.4 Å². The van der Waals surface area contributed by atoms with E-state index in [1.165, 1.54) is 0 Å². The van der Waals surface area contributed by atoms with Gasteiger partial charge in [-0.2, -0.15) is 0 Å². The van der Waals surface area contributed by atoms with Crippen LogP contribution in [-0.2, 0) is 9.59 Å². The molecule has 5 unspecified atom stereocenters. The van der Waals surface area contributed by atoms with E-state index in [9.17, 15) is 14.7 Å². The van der Waals surface area contributed by atoms with E-state index < -0.39 is 12.0 Å². The zero-order valence-electron chi connectivity index (χ0n) is 11.2. The topological polar surface area (TPSA) is 73.2 Å². The van der Waals surface area contributed by atoms with Gasteiger partial charge in [-0.15, -0.1) is 0 Å². The predicted molar refractivity (Wildman–Crippen MR) is 75.7 cm³/mol. The molecule has 1 amide bonds. The molecular formula is C15H15N3O3. The number of nitrogens with zero attached hydrogens (tertiary/aromatic N) is 3. The van der Waals surface area contributed by atoms with Gasteiger partial charge in [-0.1, -0.05) is 36.5 Å². The average molecular weight is 285 g/mol. The highest BCUT2D eigenvalue weighted by Gasteiger charge is 2.52. The van der Waals surface area contributed by atoms with Gasteiger partial charge < -0.3 is 14.9 Å². The fraction of sp³-hybridized carbons (Fsp3) is 0.400. The normalized spacial score (nSPS) is 39.2. The van der Waals surface area contributed by atoms with E-state index >= 15 is 0 Å². The summed E-state index contributed by atoms with van der Waals surface area (Å²) >= 11 is 0. The van der Waals surface area contributed by atoms with Crippen LogP contribution in [0, 0.1) is 5.92 Å². The van der Waals surface area contributed by atoms with Crippen LogP contribution < -0.4 is 0 Å². The Bertz CT molecular complexity index is 622. The first kappa shape index (κ1) is 12.4. The molecule has 4 aliphatic rings. The maximum atomic E-state index is 12.8. The number of allylic oxidation sites excluding steroid dienone is 2. The first-order valence-electron chi connectivity index (χ1n) is 7.04. The molecule has 1 N–H and O–H groups in total. The second kappa shape index (κ2) is 4.31. The van der Waals surface area contributed by atoms with E-state index in [0.717, 1.165) is 0 Å². The number of fused-ring (bicyclic) bond motifs is 5. The van der Waals surface area contributed by atoms with Crippen molar-refractivity contribution in [3.63, 3.8) is 0 Å². The van der Waals surface area contributed by atoms with E-state index in [0.29, 0.717) is 6.54 Å². The molecule has 1 fully saturated rings. The Hall–Kier alpha value is -2.37. The molecule has 0 saturated carbocycles. The SMILES string of the molecule is O=C(O)C1N=CN2C3C=CC=CC3C(=O)N3CC=CC3C12. The van der Waals surface area contributed by atoms with Crippen LogP contribution >= 0.6 is 0 Å². The average Bonchev–Trinajstić information content (AvgIpc) is 3.10. The number of hydrogen-bond acceptors (Lipinski definition) is 4. The number of aliphatic carboxylic acids is 1. The molecule has 0 aromatic rings. The smallest absolute Gasteiger partial charge is 0.330 e. The third kappa shape index (κ3) is 1.62. The lowest BCUT2D eigenvalue weighted by molar-refractivity contribution is -0.140. The van der Waals surface area contributed by atoms with Crippen LogP contribution in [0.4, 0.5) is 0 Å². The largest absolute Gasteiger partial charge is 0.480 e. The lowest BCUT2D eigenvalue weighted by Gasteiger charge is -2.34. The van der Waals surface area contributed by atoms with E-state index in [1.807, 2.05) is 41.4 Å². The van der Waals surface area contributed by atoms with Gasteiger partial charge >= 0.3 is 5.97 Å². The van der Waals surface area contributed by atoms with Crippen LogP contribution in [0.25, 0.3) is 0 Å². The third-order valence-electron chi connectivity index (χ3n) is 4.64. The second-order valence-electron chi connectivity index (χ2n) is 5.68. The first-order valence-corrected chi connectivity index (χ1v) is 7.04. The Balaban J connectivity index is 1.82. The Kier molecular flexibility index (Phi) is 2.54. The molecule has 0 aromatic heterocycles. The maximum absolute atomic E-state index is 12.8. The first-order chi connectivity index (χ1) is 10.2. The van der Waals surface area contributed by atoms with Crippen molar-refractivity contribution >= 4 is 18.2 Å². The van der Waals surface area contributed by atoms with Crippen molar-refractivity contribution < 1.29 is 14.7 Å². The molecule has 4 rings (SSSR count). The van der Waals surface area contributed by atoms with Crippen LogP contribution in [0.1, 0.15) is 0 Å². The monoisotopic (exact) mass is 285 g/mol. The van der Waals surface area contributed by atoms with Gasteiger partial charge in [0, 0.05) is 6.54 Å². The van der Waals surface area contributed by atoms with Crippen molar-refractivity contribution in [1.82, 2.24) is 9.80 Å². The summed E-state index contributed by atoms with van der Waals surface area (Å²) in [7, 11) is 0. The number of hydrogen-bond donors (Lipinski definition) is 1. The van der Waals surface area contributed by atoms with Crippen molar-refractivity contribution in [2.75, 3.05) is 6.54 Å². The number of carboxylic acid groups (broad SMARTS) is 1. The van der Waals surface area contributed by atoms with Crippen molar-refractivity contribution in [1.29, 1.82) is 0 Å². The fourth-order valence-electron chi connectivity index (χ4n) is 3.70. The van der Waals surface area contributed by atoms with Crippen LogP contribution in [-0.4, -0.2) is 63.8 Å². The zero-order valence-corrected chi connectivity index (χ0v) is 11.2. The minimum absolute atomic E-state index is 0.0579. The molecule has 3 aliphatic heterocycles. The van der Waals surface area contributed by atoms with Crippen molar-refractivity contribution in [2.45, 2.75) is 24.2 Å². The highest BCUT2D eigenvalue weighted by Crippen LogP contribution is 2.35. The second-order valence-corrected chi connectivity index (χ2v) is 5.68. The Morgan fingerprint density at radius 1 is 1.24 bits per heavy atom. The summed E-state index contributed by atoms with van der Waals surface area (Å²) in [5, 5.41) is 9.43. The molecular weight excluding hydrogens is 270 g/mol. The Morgan fingerprint density at radius 3 is 2.86 bits per heavy atom. The zero-order chi connectivity index (χ0) is 14.6. The number of carbonyl (C=O) groups is 2. The maximum Gasteiger partial charge on any atom is 0.330 e. The summed E-state index contributed by atoms with van der Waals surface area (Å²) in [5.74, 6) is -1.16. The van der Waals surface area contributed by atoms with Crippen molar-refractivity contribution in [2.24, 2.45) is 10.9 Å². The van der Waals surface area contributed by atoms with Gasteiger partial charge in [0.05, 0.1) is 30.4 Å². The number of amides is 1. The molecule has 6 heteroatoms. The van der Waals surface area contributed by atoms with Gasteiger partial charge in [0.15, 0.2) is 6.04 Å². The highest BCUT2D eigenvalue weighted by molar-refractivity contribution is 5.87. The van der Waals surface area contributed by atoms with E-state index in [2.05, 4.69) is 4.99 Å².